The van der Waals surface area contributed by atoms with Crippen LogP contribution >= 0.6 is 0 Å². The third-order valence-corrected chi connectivity index (χ3v) is 5.54. The first-order valence-electron chi connectivity index (χ1n) is 10.1. The highest BCUT2D eigenvalue weighted by molar-refractivity contribution is 5.78. The first kappa shape index (κ1) is 19.8. The van der Waals surface area contributed by atoms with Crippen LogP contribution in [0.15, 0.2) is 30.5 Å². The van der Waals surface area contributed by atoms with Crippen molar-refractivity contribution in [1.29, 1.82) is 0 Å². The molecule has 4 rings (SSSR count). The Morgan fingerprint density at radius 2 is 2.03 bits per heavy atom. The quantitative estimate of drug-likeness (QED) is 0.802. The highest BCUT2D eigenvalue weighted by Gasteiger charge is 2.33. The van der Waals surface area contributed by atoms with Crippen molar-refractivity contribution in [1.82, 2.24) is 19.8 Å². The Labute approximate surface area is 169 Å². The van der Waals surface area contributed by atoms with Crippen molar-refractivity contribution in [3.63, 3.8) is 0 Å². The van der Waals surface area contributed by atoms with Gasteiger partial charge in [0.05, 0.1) is 13.1 Å². The summed E-state index contributed by atoms with van der Waals surface area (Å²) in [5.41, 5.74) is 1.07. The molecule has 29 heavy (non-hydrogen) atoms. The lowest BCUT2D eigenvalue weighted by Crippen LogP contribution is -2.55. The molecule has 0 unspecified atom stereocenters. The van der Waals surface area contributed by atoms with Crippen LogP contribution in [0.1, 0.15) is 24.4 Å². The molecule has 1 N–H and O–H groups in total. The molecule has 1 aromatic carbocycles. The molecular weight excluding hydrogens is 375 g/mol. The molecule has 2 aliphatic heterocycles. The molecule has 156 valence electrons. The van der Waals surface area contributed by atoms with Gasteiger partial charge in [-0.1, -0.05) is 0 Å². The summed E-state index contributed by atoms with van der Waals surface area (Å²) in [6.45, 7) is 5.64. The number of piperidine rings is 1. The van der Waals surface area contributed by atoms with Crippen molar-refractivity contribution in [2.75, 3.05) is 32.8 Å². The van der Waals surface area contributed by atoms with Crippen LogP contribution in [-0.2, 0) is 16.1 Å². The number of hydrogen-bond acceptors (Lipinski definition) is 5. The van der Waals surface area contributed by atoms with E-state index in [1.165, 1.54) is 12.1 Å². The molecular formula is C21H27FN4O3. The molecule has 2 aliphatic rings. The number of rotatable bonds is 6. The largest absolute Gasteiger partial charge is 0.491 e. The minimum Gasteiger partial charge on any atom is -0.491 e. The molecule has 2 aromatic rings. The summed E-state index contributed by atoms with van der Waals surface area (Å²) in [5, 5.41) is 0. The number of ether oxygens (including phenoxy) is 2. The van der Waals surface area contributed by atoms with Crippen LogP contribution in [-0.4, -0.2) is 70.7 Å². The van der Waals surface area contributed by atoms with Crippen molar-refractivity contribution in [3.05, 3.63) is 47.8 Å². The van der Waals surface area contributed by atoms with Gasteiger partial charge in [-0.2, -0.15) is 0 Å². The molecule has 2 saturated heterocycles. The van der Waals surface area contributed by atoms with Gasteiger partial charge in [0.2, 0.25) is 5.91 Å². The number of H-pyrrole nitrogens is 1. The molecule has 1 amide bonds. The van der Waals surface area contributed by atoms with Gasteiger partial charge in [-0.15, -0.1) is 0 Å². The number of benzene rings is 1. The minimum atomic E-state index is -0.295. The summed E-state index contributed by atoms with van der Waals surface area (Å²) >= 11 is 0. The summed E-state index contributed by atoms with van der Waals surface area (Å²) in [4.78, 5) is 24.4. The van der Waals surface area contributed by atoms with Gasteiger partial charge in [-0.05, 0) is 44.0 Å². The third-order valence-electron chi connectivity index (χ3n) is 5.54. The maximum atomic E-state index is 13.0. The van der Waals surface area contributed by atoms with Crippen LogP contribution in [0.4, 0.5) is 4.39 Å². The van der Waals surface area contributed by atoms with Crippen LogP contribution in [0.2, 0.25) is 0 Å². The number of halogens is 1. The molecule has 0 aliphatic carbocycles. The summed E-state index contributed by atoms with van der Waals surface area (Å²) in [7, 11) is 0. The summed E-state index contributed by atoms with van der Waals surface area (Å²) in [6.07, 6.45) is 3.55. The summed E-state index contributed by atoms with van der Waals surface area (Å²) in [6, 6.07) is 6.15. The molecule has 0 bridgehead atoms. The van der Waals surface area contributed by atoms with E-state index in [1.54, 1.807) is 12.1 Å². The number of imidazole rings is 1. The Bertz CT molecular complexity index is 818. The number of carbonyl (C=O) groups excluding carboxylic acids is 1. The van der Waals surface area contributed by atoms with Crippen molar-refractivity contribution in [3.8, 4) is 5.75 Å². The summed E-state index contributed by atoms with van der Waals surface area (Å²) in [5.74, 6) is 1.33. The number of carbonyl (C=O) groups is 1. The van der Waals surface area contributed by atoms with Gasteiger partial charge in [-0.25, -0.2) is 9.37 Å². The van der Waals surface area contributed by atoms with Gasteiger partial charge in [0, 0.05) is 31.0 Å². The predicted molar refractivity (Wildman–Crippen MR) is 105 cm³/mol. The van der Waals surface area contributed by atoms with E-state index in [1.807, 2.05) is 18.0 Å². The van der Waals surface area contributed by atoms with Crippen LogP contribution in [0.25, 0.3) is 0 Å². The zero-order valence-corrected chi connectivity index (χ0v) is 16.6. The Kier molecular flexibility index (Phi) is 6.10. The number of morpholine rings is 1. The maximum absolute atomic E-state index is 13.0. The second kappa shape index (κ2) is 8.92. The zero-order valence-electron chi connectivity index (χ0n) is 16.6. The number of hydrogen-bond donors (Lipinski definition) is 1. The fraction of sp³-hybridized carbons (Fsp3) is 0.524. The van der Waals surface area contributed by atoms with Crippen molar-refractivity contribution in [2.24, 2.45) is 0 Å². The SMILES string of the molecule is Cc1cnc(CN2CCC(N3C[C@H](COc4ccc(F)cc4)OCC3=O)CC2)[nH]1. The number of aromatic nitrogens is 2. The van der Waals surface area contributed by atoms with Crippen LogP contribution in [0.5, 0.6) is 5.75 Å². The number of nitrogens with zero attached hydrogens (tertiary/aromatic N) is 3. The lowest BCUT2D eigenvalue weighted by Gasteiger charge is -2.42. The molecule has 1 aromatic heterocycles. The van der Waals surface area contributed by atoms with Crippen molar-refractivity contribution < 1.29 is 18.7 Å². The van der Waals surface area contributed by atoms with E-state index < -0.39 is 0 Å². The normalized spacial score (nSPS) is 21.5. The summed E-state index contributed by atoms with van der Waals surface area (Å²) < 4.78 is 24.4. The number of likely N-dealkylation sites (tertiary alicyclic amines) is 1. The Hall–Kier alpha value is -2.45. The van der Waals surface area contributed by atoms with E-state index in [0.29, 0.717) is 18.9 Å². The van der Waals surface area contributed by atoms with Gasteiger partial charge in [-0.3, -0.25) is 9.69 Å². The van der Waals surface area contributed by atoms with Gasteiger partial charge < -0.3 is 19.4 Å². The molecule has 7 nitrogen and oxygen atoms in total. The lowest BCUT2D eigenvalue weighted by atomic mass is 10.0. The molecule has 0 radical (unpaired) electrons. The molecule has 0 saturated carbocycles. The smallest absolute Gasteiger partial charge is 0.248 e. The topological polar surface area (TPSA) is 70.7 Å². The lowest BCUT2D eigenvalue weighted by molar-refractivity contribution is -0.155. The fourth-order valence-corrected chi connectivity index (χ4v) is 3.97. The molecule has 2 fully saturated rings. The van der Waals surface area contributed by atoms with Gasteiger partial charge in [0.1, 0.15) is 36.7 Å². The van der Waals surface area contributed by atoms with E-state index in [4.69, 9.17) is 9.47 Å². The Balaban J connectivity index is 1.26. The molecule has 1 atom stereocenters. The van der Waals surface area contributed by atoms with E-state index in [9.17, 15) is 9.18 Å². The number of aryl methyl sites for hydroxylation is 1. The minimum absolute atomic E-state index is 0.0446. The fourth-order valence-electron chi connectivity index (χ4n) is 3.97. The van der Waals surface area contributed by atoms with Crippen LogP contribution < -0.4 is 4.74 Å². The number of aromatic amines is 1. The van der Waals surface area contributed by atoms with E-state index >= 15 is 0 Å². The van der Waals surface area contributed by atoms with Crippen molar-refractivity contribution >= 4 is 5.91 Å². The van der Waals surface area contributed by atoms with Gasteiger partial charge in [0.25, 0.3) is 0 Å². The third kappa shape index (κ3) is 5.13. The monoisotopic (exact) mass is 402 g/mol. The van der Waals surface area contributed by atoms with Crippen LogP contribution in [0, 0.1) is 12.7 Å². The van der Waals surface area contributed by atoms with E-state index in [-0.39, 0.29) is 30.5 Å². The van der Waals surface area contributed by atoms with Gasteiger partial charge in [0.15, 0.2) is 0 Å². The molecule has 3 heterocycles. The molecule has 0 spiro atoms. The standard InChI is InChI=1S/C21H27FN4O3/c1-15-10-23-20(24-15)12-25-8-6-17(7-9-25)26-11-19(29-14-21(26)27)13-28-18-4-2-16(22)3-5-18/h2-5,10,17,19H,6-9,11-14H2,1H3,(H,23,24)/t19-/m1/s1. The highest BCUT2D eigenvalue weighted by atomic mass is 19.1. The number of nitrogens with one attached hydrogen (secondary N) is 1. The average Bonchev–Trinajstić information content (AvgIpc) is 3.14. The first-order chi connectivity index (χ1) is 14.1. The van der Waals surface area contributed by atoms with Crippen LogP contribution in [0.3, 0.4) is 0 Å². The van der Waals surface area contributed by atoms with E-state index in [0.717, 1.165) is 44.0 Å². The Morgan fingerprint density at radius 1 is 1.28 bits per heavy atom. The number of amides is 1. The predicted octanol–water partition coefficient (Wildman–Crippen LogP) is 2.13. The average molecular weight is 402 g/mol. The molecule has 8 heteroatoms. The van der Waals surface area contributed by atoms with Gasteiger partial charge >= 0.3 is 0 Å². The Morgan fingerprint density at radius 3 is 2.72 bits per heavy atom. The zero-order chi connectivity index (χ0) is 20.2. The van der Waals surface area contributed by atoms with E-state index in [2.05, 4.69) is 14.9 Å². The highest BCUT2D eigenvalue weighted by Crippen LogP contribution is 2.22. The van der Waals surface area contributed by atoms with Crippen molar-refractivity contribution in [2.45, 2.75) is 38.5 Å². The maximum Gasteiger partial charge on any atom is 0.248 e. The second-order valence-electron chi connectivity index (χ2n) is 7.76. The first-order valence-corrected chi connectivity index (χ1v) is 10.1. The second-order valence-corrected chi connectivity index (χ2v) is 7.76.